The molecule has 0 spiro atoms. The highest BCUT2D eigenvalue weighted by Gasteiger charge is 2.14. The molecular formula is C18H22N8O2S. The molecule has 3 aromatic heterocycles. The summed E-state index contributed by atoms with van der Waals surface area (Å²) < 4.78 is 6.22. The molecule has 0 aromatic carbocycles. The maximum Gasteiger partial charge on any atom is 0.272 e. The van der Waals surface area contributed by atoms with Crippen LogP contribution in [0.2, 0.25) is 0 Å². The lowest BCUT2D eigenvalue weighted by molar-refractivity contribution is 0.0398. The van der Waals surface area contributed by atoms with Gasteiger partial charge in [-0.3, -0.25) is 20.5 Å². The van der Waals surface area contributed by atoms with E-state index in [0.717, 1.165) is 49.8 Å². The van der Waals surface area contributed by atoms with E-state index in [1.807, 2.05) is 13.0 Å². The predicted molar refractivity (Wildman–Crippen MR) is 111 cm³/mol. The van der Waals surface area contributed by atoms with Crippen LogP contribution in [-0.2, 0) is 4.74 Å². The van der Waals surface area contributed by atoms with E-state index in [0.29, 0.717) is 22.8 Å². The minimum atomic E-state index is -0.304. The molecule has 4 rings (SSSR count). The first-order valence-electron chi connectivity index (χ1n) is 9.32. The van der Waals surface area contributed by atoms with Gasteiger partial charge in [-0.25, -0.2) is 15.0 Å². The second kappa shape index (κ2) is 9.07. The molecule has 0 radical (unpaired) electrons. The standard InChI is InChI=1S/C18H22N8O2S/c1-12-8-15(20-2-3-26-4-6-28-7-5-26)23-18(22-12)25-24-17(27)13-10-29-14-9-19-11-21-16(13)14/h8-11H,2-7H2,1H3,(H,24,27)(H2,20,22,23,25). The molecule has 1 aliphatic heterocycles. The second-order valence-electron chi connectivity index (χ2n) is 6.56. The maximum absolute atomic E-state index is 12.5. The zero-order valence-electron chi connectivity index (χ0n) is 16.0. The number of nitrogens with zero attached hydrogens (tertiary/aromatic N) is 5. The molecule has 1 amide bonds. The summed E-state index contributed by atoms with van der Waals surface area (Å²) in [6, 6.07) is 1.87. The lowest BCUT2D eigenvalue weighted by atomic mass is 10.3. The number of fused-ring (bicyclic) bond motifs is 1. The average Bonchev–Trinajstić information content (AvgIpc) is 3.17. The minimum absolute atomic E-state index is 0.304. The summed E-state index contributed by atoms with van der Waals surface area (Å²) in [6.45, 7) is 7.03. The lowest BCUT2D eigenvalue weighted by Crippen LogP contribution is -2.39. The third kappa shape index (κ3) is 4.94. The van der Waals surface area contributed by atoms with E-state index in [2.05, 4.69) is 41.0 Å². The number of morpholine rings is 1. The average molecular weight is 414 g/mol. The molecule has 1 aliphatic rings. The maximum atomic E-state index is 12.5. The Morgan fingerprint density at radius 1 is 1.31 bits per heavy atom. The van der Waals surface area contributed by atoms with Gasteiger partial charge in [-0.1, -0.05) is 0 Å². The Morgan fingerprint density at radius 3 is 3.03 bits per heavy atom. The molecule has 3 N–H and O–H groups in total. The van der Waals surface area contributed by atoms with E-state index in [1.165, 1.54) is 17.7 Å². The number of aryl methyl sites for hydroxylation is 1. The van der Waals surface area contributed by atoms with Crippen LogP contribution >= 0.6 is 11.3 Å². The van der Waals surface area contributed by atoms with E-state index in [1.54, 1.807) is 11.6 Å². The fraction of sp³-hybridized carbons (Fsp3) is 0.389. The second-order valence-corrected chi connectivity index (χ2v) is 7.47. The van der Waals surface area contributed by atoms with E-state index in [4.69, 9.17) is 4.74 Å². The summed E-state index contributed by atoms with van der Waals surface area (Å²) in [4.78, 5) is 31.7. The number of thiophene rings is 1. The number of aromatic nitrogens is 4. The van der Waals surface area contributed by atoms with Gasteiger partial charge < -0.3 is 10.1 Å². The molecule has 152 valence electrons. The highest BCUT2D eigenvalue weighted by Crippen LogP contribution is 2.22. The Labute approximate surface area is 171 Å². The first-order chi connectivity index (χ1) is 14.2. The van der Waals surface area contributed by atoms with Crippen LogP contribution in [0, 0.1) is 6.92 Å². The van der Waals surface area contributed by atoms with Crippen LogP contribution in [0.1, 0.15) is 16.1 Å². The number of carbonyl (C=O) groups excluding carboxylic acids is 1. The van der Waals surface area contributed by atoms with Crippen molar-refractivity contribution in [3.63, 3.8) is 0 Å². The van der Waals surface area contributed by atoms with Crippen LogP contribution in [0.4, 0.5) is 11.8 Å². The molecule has 0 bridgehead atoms. The summed E-state index contributed by atoms with van der Waals surface area (Å²) in [6.07, 6.45) is 3.12. The van der Waals surface area contributed by atoms with Gasteiger partial charge in [-0.15, -0.1) is 11.3 Å². The molecule has 4 heterocycles. The summed E-state index contributed by atoms with van der Waals surface area (Å²) in [7, 11) is 0. The van der Waals surface area contributed by atoms with Crippen molar-refractivity contribution in [1.29, 1.82) is 0 Å². The number of anilines is 2. The van der Waals surface area contributed by atoms with Gasteiger partial charge in [0.25, 0.3) is 5.91 Å². The third-order valence-corrected chi connectivity index (χ3v) is 5.37. The van der Waals surface area contributed by atoms with Gasteiger partial charge >= 0.3 is 0 Å². The lowest BCUT2D eigenvalue weighted by Gasteiger charge is -2.26. The molecular weight excluding hydrogens is 392 g/mol. The predicted octanol–water partition coefficient (Wildman–Crippen LogP) is 1.29. The van der Waals surface area contributed by atoms with Crippen LogP contribution < -0.4 is 16.2 Å². The number of ether oxygens (including phenoxy) is 1. The highest BCUT2D eigenvalue weighted by atomic mass is 32.1. The molecule has 0 atom stereocenters. The van der Waals surface area contributed by atoms with Gasteiger partial charge in [0.2, 0.25) is 5.95 Å². The molecule has 0 aliphatic carbocycles. The van der Waals surface area contributed by atoms with Crippen LogP contribution in [0.15, 0.2) is 24.0 Å². The fourth-order valence-corrected chi connectivity index (χ4v) is 3.87. The van der Waals surface area contributed by atoms with Crippen LogP contribution in [0.3, 0.4) is 0 Å². The minimum Gasteiger partial charge on any atom is -0.379 e. The topological polar surface area (TPSA) is 117 Å². The van der Waals surface area contributed by atoms with E-state index in [-0.39, 0.29) is 5.91 Å². The van der Waals surface area contributed by atoms with Crippen LogP contribution in [0.5, 0.6) is 0 Å². The molecule has 10 nitrogen and oxygen atoms in total. The third-order valence-electron chi connectivity index (χ3n) is 4.46. The fourth-order valence-electron chi connectivity index (χ4n) is 3.01. The highest BCUT2D eigenvalue weighted by molar-refractivity contribution is 7.17. The Morgan fingerprint density at radius 2 is 2.17 bits per heavy atom. The van der Waals surface area contributed by atoms with Crippen molar-refractivity contribution in [3.05, 3.63) is 35.2 Å². The smallest absolute Gasteiger partial charge is 0.272 e. The van der Waals surface area contributed by atoms with Crippen molar-refractivity contribution < 1.29 is 9.53 Å². The van der Waals surface area contributed by atoms with Gasteiger partial charge in [0.15, 0.2) is 0 Å². The van der Waals surface area contributed by atoms with E-state index >= 15 is 0 Å². The summed E-state index contributed by atoms with van der Waals surface area (Å²) in [5, 5.41) is 5.07. The monoisotopic (exact) mass is 414 g/mol. The number of hydrogen-bond acceptors (Lipinski definition) is 10. The van der Waals surface area contributed by atoms with E-state index < -0.39 is 0 Å². The number of hydrogen-bond donors (Lipinski definition) is 3. The van der Waals surface area contributed by atoms with Crippen molar-refractivity contribution in [2.45, 2.75) is 6.92 Å². The molecule has 0 saturated carbocycles. The summed E-state index contributed by atoms with van der Waals surface area (Å²) in [5.74, 6) is 0.722. The van der Waals surface area contributed by atoms with Gasteiger partial charge in [0, 0.05) is 49.5 Å². The molecule has 1 fully saturated rings. The number of hydrazine groups is 1. The number of carbonyl (C=O) groups is 1. The van der Waals surface area contributed by atoms with Crippen molar-refractivity contribution >= 4 is 39.2 Å². The normalized spacial score (nSPS) is 14.7. The Balaban J connectivity index is 1.34. The Kier molecular flexibility index (Phi) is 6.08. The first-order valence-corrected chi connectivity index (χ1v) is 10.2. The SMILES string of the molecule is Cc1cc(NCCN2CCOCC2)nc(NNC(=O)c2csc3cncnc23)n1. The van der Waals surface area contributed by atoms with Crippen molar-refractivity contribution in [3.8, 4) is 0 Å². The molecule has 0 unspecified atom stereocenters. The van der Waals surface area contributed by atoms with Gasteiger partial charge in [0.05, 0.1) is 29.0 Å². The zero-order chi connectivity index (χ0) is 20.1. The molecule has 3 aromatic rings. The number of amides is 1. The van der Waals surface area contributed by atoms with Gasteiger partial charge in [-0.05, 0) is 6.92 Å². The molecule has 11 heteroatoms. The zero-order valence-corrected chi connectivity index (χ0v) is 16.8. The molecule has 1 saturated heterocycles. The number of nitrogens with one attached hydrogen (secondary N) is 3. The summed E-state index contributed by atoms with van der Waals surface area (Å²) >= 11 is 1.42. The van der Waals surface area contributed by atoms with Crippen molar-refractivity contribution in [2.24, 2.45) is 0 Å². The summed E-state index contributed by atoms with van der Waals surface area (Å²) in [5.41, 5.74) is 7.33. The molecule has 29 heavy (non-hydrogen) atoms. The number of rotatable bonds is 7. The largest absolute Gasteiger partial charge is 0.379 e. The quantitative estimate of drug-likeness (QED) is 0.492. The first kappa shape index (κ1) is 19.4. The van der Waals surface area contributed by atoms with Crippen LogP contribution in [0.25, 0.3) is 10.2 Å². The van der Waals surface area contributed by atoms with Crippen LogP contribution in [-0.4, -0.2) is 70.1 Å². The Bertz CT molecular complexity index is 989. The van der Waals surface area contributed by atoms with Crippen molar-refractivity contribution in [1.82, 2.24) is 30.3 Å². The van der Waals surface area contributed by atoms with Crippen molar-refractivity contribution in [2.75, 3.05) is 50.1 Å². The Hall–Kier alpha value is -2.89. The van der Waals surface area contributed by atoms with Gasteiger partial charge in [0.1, 0.15) is 12.1 Å². The van der Waals surface area contributed by atoms with Gasteiger partial charge in [-0.2, -0.15) is 4.98 Å². The van der Waals surface area contributed by atoms with E-state index in [9.17, 15) is 4.79 Å².